The molecule has 1 saturated heterocycles. The lowest BCUT2D eigenvalue weighted by Gasteiger charge is -2.25. The number of rotatable bonds is 8. The maximum absolute atomic E-state index is 13.2. The van der Waals surface area contributed by atoms with E-state index in [1.807, 2.05) is 42.5 Å². The van der Waals surface area contributed by atoms with Crippen molar-refractivity contribution in [3.63, 3.8) is 0 Å². The van der Waals surface area contributed by atoms with Crippen molar-refractivity contribution in [2.75, 3.05) is 27.9 Å². The van der Waals surface area contributed by atoms with E-state index in [-0.39, 0.29) is 17.9 Å². The van der Waals surface area contributed by atoms with Crippen molar-refractivity contribution < 1.29 is 28.9 Å². The Morgan fingerprint density at radius 2 is 1.60 bits per heavy atom. The molecular formula is C28H27NO6. The quantitative estimate of drug-likeness (QED) is 0.297. The van der Waals surface area contributed by atoms with Gasteiger partial charge in [0.1, 0.15) is 11.5 Å². The molecule has 1 atom stereocenters. The Balaban J connectivity index is 1.73. The van der Waals surface area contributed by atoms with Crippen LogP contribution < -0.4 is 14.2 Å². The molecule has 1 unspecified atom stereocenters. The number of ether oxygens (including phenoxy) is 3. The van der Waals surface area contributed by atoms with Gasteiger partial charge >= 0.3 is 0 Å². The maximum atomic E-state index is 13.2. The zero-order valence-electron chi connectivity index (χ0n) is 19.9. The van der Waals surface area contributed by atoms with Crippen molar-refractivity contribution in [2.24, 2.45) is 0 Å². The van der Waals surface area contributed by atoms with Crippen LogP contribution >= 0.6 is 0 Å². The molecule has 0 aliphatic carbocycles. The number of Topliss-reactive ketones (excluding diaryl/α,β-unsaturated/α-hetero) is 1. The summed E-state index contributed by atoms with van der Waals surface area (Å²) < 4.78 is 15.9. The van der Waals surface area contributed by atoms with Crippen LogP contribution in [0.3, 0.4) is 0 Å². The first-order valence-corrected chi connectivity index (χ1v) is 11.2. The predicted octanol–water partition coefficient (Wildman–Crippen LogP) is 4.38. The van der Waals surface area contributed by atoms with Gasteiger partial charge in [-0.3, -0.25) is 9.59 Å². The van der Waals surface area contributed by atoms with Crippen molar-refractivity contribution >= 4 is 17.4 Å². The van der Waals surface area contributed by atoms with Gasteiger partial charge in [-0.2, -0.15) is 0 Å². The highest BCUT2D eigenvalue weighted by molar-refractivity contribution is 6.46. The third-order valence-corrected chi connectivity index (χ3v) is 6.09. The monoisotopic (exact) mass is 473 g/mol. The lowest BCUT2D eigenvalue weighted by molar-refractivity contribution is -0.139. The Kier molecular flexibility index (Phi) is 7.06. The SMILES string of the molecule is COc1cccc(/C(O)=C2/C(=O)C(=O)N(CCc3ccc(OC)c(OC)c3)C2c2ccccc2)c1. The average Bonchev–Trinajstić information content (AvgIpc) is 3.16. The Morgan fingerprint density at radius 1 is 0.857 bits per heavy atom. The average molecular weight is 474 g/mol. The van der Waals surface area contributed by atoms with Crippen molar-refractivity contribution in [3.05, 3.63) is 95.1 Å². The standard InChI is InChI=1S/C28H27NO6/c1-33-21-11-7-10-20(17-21)26(30)24-25(19-8-5-4-6-9-19)29(28(32)27(24)31)15-14-18-12-13-22(34-2)23(16-18)35-3/h4-13,16-17,25,30H,14-15H2,1-3H3/b26-24-. The second-order valence-electron chi connectivity index (χ2n) is 8.07. The number of benzene rings is 3. The van der Waals surface area contributed by atoms with Crippen LogP contribution in [-0.2, 0) is 16.0 Å². The molecule has 0 saturated carbocycles. The van der Waals surface area contributed by atoms with Crippen LogP contribution in [-0.4, -0.2) is 49.6 Å². The molecule has 3 aromatic carbocycles. The summed E-state index contributed by atoms with van der Waals surface area (Å²) in [5.74, 6) is 0.136. The molecule has 0 radical (unpaired) electrons. The minimum Gasteiger partial charge on any atom is -0.507 e. The number of aliphatic hydroxyl groups excluding tert-OH is 1. The molecule has 7 heteroatoms. The summed E-state index contributed by atoms with van der Waals surface area (Å²) >= 11 is 0. The number of carbonyl (C=O) groups excluding carboxylic acids is 2. The van der Waals surface area contributed by atoms with Crippen molar-refractivity contribution in [3.8, 4) is 17.2 Å². The molecule has 1 aliphatic heterocycles. The molecule has 180 valence electrons. The molecule has 0 bridgehead atoms. The predicted molar refractivity (Wildman–Crippen MR) is 132 cm³/mol. The van der Waals surface area contributed by atoms with Gasteiger partial charge in [-0.25, -0.2) is 0 Å². The van der Waals surface area contributed by atoms with E-state index in [0.29, 0.717) is 29.2 Å². The molecule has 7 nitrogen and oxygen atoms in total. The Bertz CT molecular complexity index is 1270. The van der Waals surface area contributed by atoms with Gasteiger partial charge in [0.2, 0.25) is 0 Å². The number of ketones is 1. The van der Waals surface area contributed by atoms with Crippen LogP contribution in [0.5, 0.6) is 17.2 Å². The Morgan fingerprint density at radius 3 is 2.29 bits per heavy atom. The smallest absolute Gasteiger partial charge is 0.295 e. The normalized spacial score (nSPS) is 16.9. The van der Waals surface area contributed by atoms with Crippen LogP contribution in [0.25, 0.3) is 5.76 Å². The highest BCUT2D eigenvalue weighted by Gasteiger charge is 2.45. The van der Waals surface area contributed by atoms with E-state index < -0.39 is 17.7 Å². The Hall–Kier alpha value is -4.26. The van der Waals surface area contributed by atoms with E-state index in [0.717, 1.165) is 11.1 Å². The molecule has 0 aromatic heterocycles. The van der Waals surface area contributed by atoms with Crippen molar-refractivity contribution in [1.29, 1.82) is 0 Å². The van der Waals surface area contributed by atoms with Crippen LogP contribution in [0, 0.1) is 0 Å². The number of amides is 1. The van der Waals surface area contributed by atoms with E-state index in [4.69, 9.17) is 14.2 Å². The fourth-order valence-corrected chi connectivity index (χ4v) is 4.30. The van der Waals surface area contributed by atoms with Crippen molar-refractivity contribution in [1.82, 2.24) is 4.90 Å². The summed E-state index contributed by atoms with van der Waals surface area (Å²) in [6, 6.07) is 20.8. The molecule has 3 aromatic rings. The number of aliphatic hydroxyl groups is 1. The summed E-state index contributed by atoms with van der Waals surface area (Å²) in [6.45, 7) is 0.272. The van der Waals surface area contributed by atoms with Crippen LogP contribution in [0.2, 0.25) is 0 Å². The molecule has 1 N–H and O–H groups in total. The minimum absolute atomic E-state index is 0.0572. The van der Waals surface area contributed by atoms with Gasteiger partial charge in [0.25, 0.3) is 11.7 Å². The van der Waals surface area contributed by atoms with Crippen LogP contribution in [0.15, 0.2) is 78.4 Å². The molecule has 1 fully saturated rings. The second-order valence-corrected chi connectivity index (χ2v) is 8.07. The fourth-order valence-electron chi connectivity index (χ4n) is 4.30. The summed E-state index contributed by atoms with van der Waals surface area (Å²) in [6.07, 6.45) is 0.482. The number of hydrogen-bond donors (Lipinski definition) is 1. The highest BCUT2D eigenvalue weighted by Crippen LogP contribution is 2.40. The van der Waals surface area contributed by atoms with Gasteiger partial charge in [0.05, 0.1) is 32.9 Å². The highest BCUT2D eigenvalue weighted by atomic mass is 16.5. The largest absolute Gasteiger partial charge is 0.507 e. The van der Waals surface area contributed by atoms with E-state index in [1.54, 1.807) is 44.6 Å². The van der Waals surface area contributed by atoms with Gasteiger partial charge < -0.3 is 24.2 Å². The summed E-state index contributed by atoms with van der Waals surface area (Å²) in [4.78, 5) is 27.9. The molecule has 4 rings (SSSR count). The lowest BCUT2D eigenvalue weighted by Crippen LogP contribution is -2.31. The number of nitrogens with zero attached hydrogens (tertiary/aromatic N) is 1. The van der Waals surface area contributed by atoms with Gasteiger partial charge in [-0.05, 0) is 41.8 Å². The minimum atomic E-state index is -0.720. The van der Waals surface area contributed by atoms with Crippen LogP contribution in [0.1, 0.15) is 22.7 Å². The summed E-state index contributed by atoms with van der Waals surface area (Å²) in [5, 5.41) is 11.2. The van der Waals surface area contributed by atoms with Gasteiger partial charge in [-0.1, -0.05) is 48.5 Å². The second kappa shape index (κ2) is 10.3. The Labute approximate surface area is 204 Å². The van der Waals surface area contributed by atoms with E-state index >= 15 is 0 Å². The van der Waals surface area contributed by atoms with E-state index in [1.165, 1.54) is 12.0 Å². The number of carbonyl (C=O) groups is 2. The topological polar surface area (TPSA) is 85.3 Å². The lowest BCUT2D eigenvalue weighted by atomic mass is 9.95. The summed E-state index contributed by atoms with van der Waals surface area (Å²) in [5.41, 5.74) is 2.12. The molecule has 0 spiro atoms. The maximum Gasteiger partial charge on any atom is 0.295 e. The first kappa shape index (κ1) is 23.9. The third-order valence-electron chi connectivity index (χ3n) is 6.09. The van der Waals surface area contributed by atoms with Crippen LogP contribution in [0.4, 0.5) is 0 Å². The first-order valence-electron chi connectivity index (χ1n) is 11.2. The fraction of sp³-hybridized carbons (Fsp3) is 0.214. The number of hydrogen-bond acceptors (Lipinski definition) is 6. The number of methoxy groups -OCH3 is 3. The molecule has 35 heavy (non-hydrogen) atoms. The zero-order valence-corrected chi connectivity index (χ0v) is 19.9. The molecular weight excluding hydrogens is 446 g/mol. The van der Waals surface area contributed by atoms with Gasteiger partial charge in [0, 0.05) is 12.1 Å². The van der Waals surface area contributed by atoms with Crippen molar-refractivity contribution in [2.45, 2.75) is 12.5 Å². The van der Waals surface area contributed by atoms with Gasteiger partial charge in [0.15, 0.2) is 11.5 Å². The molecule has 1 aliphatic rings. The van der Waals surface area contributed by atoms with E-state index in [2.05, 4.69) is 0 Å². The number of likely N-dealkylation sites (tertiary alicyclic amines) is 1. The van der Waals surface area contributed by atoms with Gasteiger partial charge in [-0.15, -0.1) is 0 Å². The van der Waals surface area contributed by atoms with E-state index in [9.17, 15) is 14.7 Å². The zero-order chi connectivity index (χ0) is 24.9. The summed E-state index contributed by atoms with van der Waals surface area (Å²) in [7, 11) is 4.66. The first-order chi connectivity index (χ1) is 17.0. The molecule has 1 amide bonds. The molecule has 1 heterocycles. The third kappa shape index (κ3) is 4.71.